The van der Waals surface area contributed by atoms with E-state index in [2.05, 4.69) is 62.9 Å². The SMILES string of the molecule is C=C(c1ccc2c(-c3ccc(O)c(F)c3)cn(CC3(C)CCOCC3)c2n1)N(CCC)C(C)(C)CC. The minimum atomic E-state index is -0.625. The van der Waals surface area contributed by atoms with Gasteiger partial charge >= 0.3 is 0 Å². The first-order chi connectivity index (χ1) is 17.1. The summed E-state index contributed by atoms with van der Waals surface area (Å²) < 4.78 is 22.1. The summed E-state index contributed by atoms with van der Waals surface area (Å²) >= 11 is 0. The molecule has 0 spiro atoms. The van der Waals surface area contributed by atoms with E-state index < -0.39 is 5.82 Å². The van der Waals surface area contributed by atoms with Crippen molar-refractivity contribution in [1.82, 2.24) is 14.5 Å². The number of halogens is 1. The maximum Gasteiger partial charge on any atom is 0.165 e. The largest absolute Gasteiger partial charge is 0.505 e. The molecule has 1 N–H and O–H groups in total. The van der Waals surface area contributed by atoms with Crippen LogP contribution in [0.15, 0.2) is 43.1 Å². The van der Waals surface area contributed by atoms with E-state index in [-0.39, 0.29) is 16.7 Å². The lowest BCUT2D eigenvalue weighted by molar-refractivity contribution is 0.0160. The van der Waals surface area contributed by atoms with Crippen LogP contribution >= 0.6 is 0 Å². The van der Waals surface area contributed by atoms with Gasteiger partial charge in [0.2, 0.25) is 0 Å². The molecule has 2 aromatic heterocycles. The van der Waals surface area contributed by atoms with Crippen molar-refractivity contribution < 1.29 is 14.2 Å². The van der Waals surface area contributed by atoms with Crippen LogP contribution in [0.25, 0.3) is 27.9 Å². The minimum absolute atomic E-state index is 0.0317. The summed E-state index contributed by atoms with van der Waals surface area (Å²) in [6.45, 7) is 18.9. The summed E-state index contributed by atoms with van der Waals surface area (Å²) in [5.74, 6) is -0.969. The molecule has 0 radical (unpaired) electrons. The Hall–Kier alpha value is -2.86. The summed E-state index contributed by atoms with van der Waals surface area (Å²) in [4.78, 5) is 7.52. The van der Waals surface area contributed by atoms with E-state index >= 15 is 0 Å². The highest BCUT2D eigenvalue weighted by molar-refractivity contribution is 5.95. The monoisotopic (exact) mass is 493 g/mol. The number of hydrogen-bond acceptors (Lipinski definition) is 4. The fourth-order valence-corrected chi connectivity index (χ4v) is 5.14. The predicted octanol–water partition coefficient (Wildman–Crippen LogP) is 7.24. The van der Waals surface area contributed by atoms with Crippen molar-refractivity contribution in [2.24, 2.45) is 5.41 Å². The van der Waals surface area contributed by atoms with Gasteiger partial charge in [-0.25, -0.2) is 9.37 Å². The number of rotatable bonds is 9. The van der Waals surface area contributed by atoms with Gasteiger partial charge in [0.25, 0.3) is 0 Å². The van der Waals surface area contributed by atoms with Gasteiger partial charge in [-0.3, -0.25) is 0 Å². The van der Waals surface area contributed by atoms with E-state index in [1.54, 1.807) is 6.07 Å². The number of fused-ring (bicyclic) bond motifs is 1. The first kappa shape index (κ1) is 26.2. The van der Waals surface area contributed by atoms with Crippen LogP contribution in [0.1, 0.15) is 66.0 Å². The first-order valence-electron chi connectivity index (χ1n) is 13.1. The molecule has 0 amide bonds. The highest BCUT2D eigenvalue weighted by Gasteiger charge is 2.30. The van der Waals surface area contributed by atoms with E-state index in [4.69, 9.17) is 9.72 Å². The van der Waals surface area contributed by atoms with Crippen molar-refractivity contribution in [1.29, 1.82) is 0 Å². The third-order valence-corrected chi connectivity index (χ3v) is 7.90. The Bertz CT molecular complexity index is 1240. The fraction of sp³-hybridized carbons (Fsp3) is 0.500. The van der Waals surface area contributed by atoms with Crippen LogP contribution in [0, 0.1) is 11.2 Å². The molecule has 0 atom stereocenters. The number of aromatic hydroxyl groups is 1. The highest BCUT2D eigenvalue weighted by Crippen LogP contribution is 2.38. The van der Waals surface area contributed by atoms with E-state index in [9.17, 15) is 9.50 Å². The zero-order chi connectivity index (χ0) is 26.1. The standard InChI is InChI=1S/C30H40FN3O2/c1-7-15-34(29(4,5)8-2)21(3)26-11-10-23-24(22-9-12-27(35)25(31)18-22)19-33(28(23)32-26)20-30(6)13-16-36-17-14-30/h9-12,18-19,35H,3,7-8,13-17,20H2,1-2,4-6H3. The molecule has 0 bridgehead atoms. The molecule has 3 aromatic rings. The normalized spacial score (nSPS) is 15.8. The van der Waals surface area contributed by atoms with Crippen LogP contribution in [0.3, 0.4) is 0 Å². The molecule has 1 aromatic carbocycles. The van der Waals surface area contributed by atoms with Gasteiger partial charge in [0, 0.05) is 49.0 Å². The number of ether oxygens (including phenoxy) is 1. The molecule has 1 aliphatic rings. The van der Waals surface area contributed by atoms with Crippen molar-refractivity contribution in [3.05, 3.63) is 54.6 Å². The molecule has 194 valence electrons. The van der Waals surface area contributed by atoms with E-state index in [0.717, 1.165) is 85.5 Å². The second-order valence-corrected chi connectivity index (χ2v) is 11.1. The van der Waals surface area contributed by atoms with Crippen LogP contribution in [-0.2, 0) is 11.3 Å². The maximum atomic E-state index is 14.3. The molecule has 0 unspecified atom stereocenters. The number of benzene rings is 1. The number of phenolic OH excluding ortho intramolecular Hbond substituents is 1. The molecule has 5 nitrogen and oxygen atoms in total. The zero-order valence-electron chi connectivity index (χ0n) is 22.4. The average Bonchev–Trinajstić information content (AvgIpc) is 3.21. The Kier molecular flexibility index (Phi) is 7.46. The predicted molar refractivity (Wildman–Crippen MR) is 145 cm³/mol. The minimum Gasteiger partial charge on any atom is -0.505 e. The van der Waals surface area contributed by atoms with Crippen molar-refractivity contribution in [3.63, 3.8) is 0 Å². The van der Waals surface area contributed by atoms with E-state index in [1.807, 2.05) is 6.07 Å². The summed E-state index contributed by atoms with van der Waals surface area (Å²) in [5.41, 5.74) is 4.34. The van der Waals surface area contributed by atoms with Gasteiger partial charge < -0.3 is 19.3 Å². The molecule has 1 aliphatic heterocycles. The van der Waals surface area contributed by atoms with Gasteiger partial charge in [0.05, 0.1) is 11.4 Å². The smallest absolute Gasteiger partial charge is 0.165 e. The van der Waals surface area contributed by atoms with Crippen LogP contribution < -0.4 is 0 Å². The lowest BCUT2D eigenvalue weighted by atomic mass is 9.82. The van der Waals surface area contributed by atoms with Gasteiger partial charge in [0.1, 0.15) is 5.65 Å². The average molecular weight is 494 g/mol. The summed E-state index contributed by atoms with van der Waals surface area (Å²) in [7, 11) is 0. The van der Waals surface area contributed by atoms with Crippen molar-refractivity contribution in [3.8, 4) is 16.9 Å². The van der Waals surface area contributed by atoms with Gasteiger partial charge in [-0.05, 0) is 74.8 Å². The second kappa shape index (κ2) is 10.3. The molecular weight excluding hydrogens is 453 g/mol. The lowest BCUT2D eigenvalue weighted by Crippen LogP contribution is -2.42. The topological polar surface area (TPSA) is 50.5 Å². The number of phenols is 1. The summed E-state index contributed by atoms with van der Waals surface area (Å²) in [6.07, 6.45) is 6.07. The quantitative estimate of drug-likeness (QED) is 0.341. The van der Waals surface area contributed by atoms with Crippen LogP contribution in [-0.4, -0.2) is 44.9 Å². The Morgan fingerprint density at radius 3 is 2.58 bits per heavy atom. The van der Waals surface area contributed by atoms with Gasteiger partial charge in [-0.2, -0.15) is 0 Å². The Morgan fingerprint density at radius 2 is 1.94 bits per heavy atom. The highest BCUT2D eigenvalue weighted by atomic mass is 19.1. The van der Waals surface area contributed by atoms with Crippen LogP contribution in [0.5, 0.6) is 5.75 Å². The molecule has 3 heterocycles. The molecule has 4 rings (SSSR count). The summed E-state index contributed by atoms with van der Waals surface area (Å²) in [6, 6.07) is 8.67. The second-order valence-electron chi connectivity index (χ2n) is 11.1. The third kappa shape index (κ3) is 5.15. The number of nitrogens with zero attached hydrogens (tertiary/aromatic N) is 3. The van der Waals surface area contributed by atoms with Crippen LogP contribution in [0.4, 0.5) is 4.39 Å². The molecule has 6 heteroatoms. The molecule has 0 saturated carbocycles. The summed E-state index contributed by atoms with van der Waals surface area (Å²) in [5, 5.41) is 10.7. The Balaban J connectivity index is 1.83. The maximum absolute atomic E-state index is 14.3. The zero-order valence-corrected chi connectivity index (χ0v) is 22.4. The first-order valence-corrected chi connectivity index (χ1v) is 13.1. The molecule has 0 aliphatic carbocycles. The van der Waals surface area contributed by atoms with E-state index in [1.165, 1.54) is 12.1 Å². The van der Waals surface area contributed by atoms with Gasteiger partial charge in [0.15, 0.2) is 11.6 Å². The fourth-order valence-electron chi connectivity index (χ4n) is 5.14. The Morgan fingerprint density at radius 1 is 1.22 bits per heavy atom. The van der Waals surface area contributed by atoms with Crippen molar-refractivity contribution in [2.75, 3.05) is 19.8 Å². The van der Waals surface area contributed by atoms with Gasteiger partial charge in [-0.1, -0.05) is 33.4 Å². The Labute approximate surface area is 214 Å². The van der Waals surface area contributed by atoms with Crippen LogP contribution in [0.2, 0.25) is 0 Å². The molecule has 36 heavy (non-hydrogen) atoms. The lowest BCUT2D eigenvalue weighted by Gasteiger charge is -2.41. The number of hydrogen-bond donors (Lipinski definition) is 1. The number of aromatic nitrogens is 2. The van der Waals surface area contributed by atoms with Crippen molar-refractivity contribution >= 4 is 16.7 Å². The third-order valence-electron chi connectivity index (χ3n) is 7.90. The molecular formula is C30H40FN3O2. The van der Waals surface area contributed by atoms with Crippen molar-refractivity contribution in [2.45, 2.75) is 72.4 Å². The molecule has 1 saturated heterocycles. The number of pyridine rings is 1. The van der Waals surface area contributed by atoms with E-state index in [0.29, 0.717) is 0 Å². The molecule has 1 fully saturated rings. The van der Waals surface area contributed by atoms with Gasteiger partial charge in [-0.15, -0.1) is 0 Å².